The summed E-state index contributed by atoms with van der Waals surface area (Å²) < 4.78 is 0. The Kier molecular flexibility index (Phi) is 9.22. The van der Waals surface area contributed by atoms with E-state index >= 15 is 0 Å². The molecule has 0 radical (unpaired) electrons. The Morgan fingerprint density at radius 2 is 2.24 bits per heavy atom. The molecule has 0 saturated carbocycles. The molecule has 2 N–H and O–H groups in total. The number of nitriles is 1. The first kappa shape index (κ1) is 19.0. The lowest BCUT2D eigenvalue weighted by Gasteiger charge is -2.07. The van der Waals surface area contributed by atoms with Gasteiger partial charge in [-0.15, -0.1) is 11.3 Å². The van der Waals surface area contributed by atoms with E-state index in [-0.39, 0.29) is 0 Å². The third kappa shape index (κ3) is 8.38. The molecule has 0 saturated heterocycles. The highest BCUT2D eigenvalue weighted by Gasteiger charge is 1.98. The lowest BCUT2D eigenvalue weighted by Crippen LogP contribution is -2.35. The van der Waals surface area contributed by atoms with Crippen LogP contribution in [0.3, 0.4) is 0 Å². The van der Waals surface area contributed by atoms with E-state index in [2.05, 4.69) is 26.0 Å². The molecule has 0 atom stereocenters. The topological polar surface area (TPSA) is 73.1 Å². The minimum Gasteiger partial charge on any atom is -0.356 e. The largest absolute Gasteiger partial charge is 0.356 e. The van der Waals surface area contributed by atoms with E-state index in [9.17, 15) is 0 Å². The number of hydrogen-bond donors (Lipinski definition) is 2. The number of guanidine groups is 1. The summed E-state index contributed by atoms with van der Waals surface area (Å²) in [5.74, 6) is 2.51. The minimum atomic E-state index is 0.518. The maximum absolute atomic E-state index is 8.81. The Morgan fingerprint density at radius 3 is 3.00 bits per heavy atom. The van der Waals surface area contributed by atoms with Crippen molar-refractivity contribution in [3.05, 3.63) is 58.6 Å². The Bertz CT molecular complexity index is 690. The lowest BCUT2D eigenvalue weighted by atomic mass is 10.2. The van der Waals surface area contributed by atoms with Gasteiger partial charge in [0, 0.05) is 17.7 Å². The number of aromatic nitrogens is 1. The third-order valence-corrected chi connectivity index (χ3v) is 4.84. The summed E-state index contributed by atoms with van der Waals surface area (Å²) in [5, 5.41) is 16.6. The van der Waals surface area contributed by atoms with Crippen LogP contribution in [-0.2, 0) is 5.75 Å². The van der Waals surface area contributed by atoms with Gasteiger partial charge in [0.1, 0.15) is 0 Å². The average Bonchev–Trinajstić information content (AvgIpc) is 3.16. The van der Waals surface area contributed by atoms with Gasteiger partial charge >= 0.3 is 0 Å². The van der Waals surface area contributed by atoms with Gasteiger partial charge in [-0.1, -0.05) is 42.5 Å². The van der Waals surface area contributed by atoms with Crippen LogP contribution in [0.2, 0.25) is 0 Å². The highest BCUT2D eigenvalue weighted by molar-refractivity contribution is 7.98. The number of nitrogens with one attached hydrogen (secondary N) is 2. The molecule has 2 rings (SSSR count). The number of rotatable bonds is 9. The highest BCUT2D eigenvalue weighted by Crippen LogP contribution is 2.12. The van der Waals surface area contributed by atoms with Crippen molar-refractivity contribution < 1.29 is 0 Å². The first-order valence-electron chi connectivity index (χ1n) is 7.98. The van der Waals surface area contributed by atoms with Crippen LogP contribution in [0.15, 0.2) is 52.3 Å². The first-order chi connectivity index (χ1) is 12.4. The molecular formula is C18H21N5S2. The van der Waals surface area contributed by atoms with E-state index in [0.29, 0.717) is 12.5 Å². The zero-order chi connectivity index (χ0) is 17.6. The summed E-state index contributed by atoms with van der Waals surface area (Å²) in [6, 6.07) is 10.1. The van der Waals surface area contributed by atoms with Gasteiger partial charge < -0.3 is 5.32 Å². The SMILES string of the molecule is N#CNC(=NCC=Cc1ccccc1)NCCCSCc1cscn1. The van der Waals surface area contributed by atoms with Gasteiger partial charge in [0.05, 0.1) is 17.7 Å². The van der Waals surface area contributed by atoms with Crippen molar-refractivity contribution in [1.29, 1.82) is 5.26 Å². The second-order valence-electron chi connectivity index (χ2n) is 5.05. The van der Waals surface area contributed by atoms with Gasteiger partial charge in [0.15, 0.2) is 6.19 Å². The fourth-order valence-electron chi connectivity index (χ4n) is 1.96. The molecule has 0 fully saturated rings. The number of benzene rings is 1. The fourth-order valence-corrected chi connectivity index (χ4v) is 3.48. The number of thiazole rings is 1. The van der Waals surface area contributed by atoms with Crippen LogP contribution in [0.4, 0.5) is 0 Å². The average molecular weight is 372 g/mol. The smallest absolute Gasteiger partial charge is 0.205 e. The molecule has 0 spiro atoms. The van der Waals surface area contributed by atoms with Gasteiger partial charge in [0.2, 0.25) is 5.96 Å². The molecule has 1 aromatic heterocycles. The van der Waals surface area contributed by atoms with Gasteiger partial charge in [-0.25, -0.2) is 9.98 Å². The maximum atomic E-state index is 8.81. The fraction of sp³-hybridized carbons (Fsp3) is 0.278. The van der Waals surface area contributed by atoms with E-state index < -0.39 is 0 Å². The summed E-state index contributed by atoms with van der Waals surface area (Å²) >= 11 is 3.49. The molecule has 25 heavy (non-hydrogen) atoms. The number of thioether (sulfide) groups is 1. The molecule has 5 nitrogen and oxygen atoms in total. The quantitative estimate of drug-likeness (QED) is 0.232. The highest BCUT2D eigenvalue weighted by atomic mass is 32.2. The Hall–Kier alpha value is -2.30. The molecule has 0 amide bonds. The van der Waals surface area contributed by atoms with Crippen molar-refractivity contribution in [3.8, 4) is 6.19 Å². The monoisotopic (exact) mass is 371 g/mol. The predicted octanol–water partition coefficient (Wildman–Crippen LogP) is 3.50. The van der Waals surface area contributed by atoms with Gasteiger partial charge in [-0.3, -0.25) is 5.32 Å². The van der Waals surface area contributed by atoms with E-state index in [1.54, 1.807) is 11.3 Å². The van der Waals surface area contributed by atoms with Gasteiger partial charge in [-0.2, -0.15) is 17.0 Å². The van der Waals surface area contributed by atoms with Crippen LogP contribution in [0, 0.1) is 11.5 Å². The van der Waals surface area contributed by atoms with Crippen LogP contribution < -0.4 is 10.6 Å². The van der Waals surface area contributed by atoms with E-state index in [1.807, 2.05) is 65.9 Å². The molecule has 2 aromatic rings. The molecule has 0 bridgehead atoms. The lowest BCUT2D eigenvalue weighted by molar-refractivity contribution is 0.824. The molecule has 0 aliphatic rings. The molecule has 1 heterocycles. The van der Waals surface area contributed by atoms with Crippen molar-refractivity contribution in [3.63, 3.8) is 0 Å². The summed E-state index contributed by atoms with van der Waals surface area (Å²) in [5.41, 5.74) is 4.14. The van der Waals surface area contributed by atoms with Crippen LogP contribution in [0.1, 0.15) is 17.7 Å². The summed E-state index contributed by atoms with van der Waals surface area (Å²) in [4.78, 5) is 8.62. The van der Waals surface area contributed by atoms with Crippen molar-refractivity contribution >= 4 is 35.1 Å². The van der Waals surface area contributed by atoms with E-state index in [0.717, 1.165) is 35.7 Å². The number of nitrogens with zero attached hydrogens (tertiary/aromatic N) is 3. The normalized spacial score (nSPS) is 11.4. The van der Waals surface area contributed by atoms with Crippen LogP contribution in [0.25, 0.3) is 6.08 Å². The van der Waals surface area contributed by atoms with E-state index in [4.69, 9.17) is 5.26 Å². The first-order valence-corrected chi connectivity index (χ1v) is 10.1. The molecule has 7 heteroatoms. The third-order valence-electron chi connectivity index (χ3n) is 3.13. The Morgan fingerprint density at radius 1 is 1.36 bits per heavy atom. The maximum Gasteiger partial charge on any atom is 0.205 e. The molecular weight excluding hydrogens is 350 g/mol. The summed E-state index contributed by atoms with van der Waals surface area (Å²) in [6.45, 7) is 1.30. The molecule has 0 aliphatic carbocycles. The van der Waals surface area contributed by atoms with Crippen LogP contribution >= 0.6 is 23.1 Å². The minimum absolute atomic E-state index is 0.518. The molecule has 1 aromatic carbocycles. The van der Waals surface area contributed by atoms with Gasteiger partial charge in [-0.05, 0) is 17.7 Å². The molecule has 0 unspecified atom stereocenters. The number of hydrogen-bond acceptors (Lipinski definition) is 5. The second kappa shape index (κ2) is 12.1. The van der Waals surface area contributed by atoms with Crippen molar-refractivity contribution in [2.24, 2.45) is 4.99 Å². The van der Waals surface area contributed by atoms with Crippen molar-refractivity contribution in [2.45, 2.75) is 12.2 Å². The second-order valence-corrected chi connectivity index (χ2v) is 6.88. The zero-order valence-electron chi connectivity index (χ0n) is 13.9. The number of aliphatic imine (C=N–C) groups is 1. The standard InChI is InChI=1S/C18H21N5S2/c19-14-22-18(20-9-4-8-16-6-2-1-3-7-16)21-10-5-11-24-12-17-13-25-15-23-17/h1-4,6-8,13,15H,5,9-12H2,(H2,20,21,22). The Labute approximate surface area is 156 Å². The zero-order valence-corrected chi connectivity index (χ0v) is 15.5. The molecule has 130 valence electrons. The predicted molar refractivity (Wildman–Crippen MR) is 107 cm³/mol. The molecule has 0 aliphatic heterocycles. The van der Waals surface area contributed by atoms with E-state index in [1.165, 1.54) is 0 Å². The van der Waals surface area contributed by atoms with Crippen molar-refractivity contribution in [1.82, 2.24) is 15.6 Å². The van der Waals surface area contributed by atoms with Crippen LogP contribution in [-0.4, -0.2) is 29.8 Å². The summed E-state index contributed by atoms with van der Waals surface area (Å²) in [6.07, 6.45) is 6.91. The van der Waals surface area contributed by atoms with Gasteiger partial charge in [0.25, 0.3) is 0 Å². The van der Waals surface area contributed by atoms with Crippen LogP contribution in [0.5, 0.6) is 0 Å². The van der Waals surface area contributed by atoms with Crippen molar-refractivity contribution in [2.75, 3.05) is 18.8 Å². The summed E-state index contributed by atoms with van der Waals surface area (Å²) in [7, 11) is 0. The Balaban J connectivity index is 1.63.